The number of allylic oxidation sites excluding steroid dienone is 1. The third-order valence-corrected chi connectivity index (χ3v) is 3.98. The summed E-state index contributed by atoms with van der Waals surface area (Å²) in [4.78, 5) is 11.9. The monoisotopic (exact) mass is 334 g/mol. The highest BCUT2D eigenvalue weighted by molar-refractivity contribution is 5.70. The van der Waals surface area contributed by atoms with E-state index in [0.717, 1.165) is 12.0 Å². The van der Waals surface area contributed by atoms with Gasteiger partial charge in [-0.2, -0.15) is 0 Å². The van der Waals surface area contributed by atoms with Gasteiger partial charge in [0.25, 0.3) is 0 Å². The molecule has 1 fully saturated rings. The van der Waals surface area contributed by atoms with E-state index in [1.54, 1.807) is 6.92 Å². The van der Waals surface area contributed by atoms with Crippen LogP contribution in [0, 0.1) is 0 Å². The predicted molar refractivity (Wildman–Crippen MR) is 90.1 cm³/mol. The second kappa shape index (κ2) is 8.97. The summed E-state index contributed by atoms with van der Waals surface area (Å²) in [5.41, 5.74) is 1.01. The van der Waals surface area contributed by atoms with Gasteiger partial charge in [0.05, 0.1) is 19.3 Å². The summed E-state index contributed by atoms with van der Waals surface area (Å²) in [6.45, 7) is 4.25. The molecule has 0 spiro atoms. The van der Waals surface area contributed by atoms with Crippen LogP contribution in [0.3, 0.4) is 0 Å². The molecular formula is C19H26O5. The molecule has 5 heteroatoms. The van der Waals surface area contributed by atoms with Gasteiger partial charge >= 0.3 is 5.97 Å². The van der Waals surface area contributed by atoms with E-state index >= 15 is 0 Å². The maximum absolute atomic E-state index is 11.9. The predicted octanol–water partition coefficient (Wildman–Crippen LogP) is 2.97. The van der Waals surface area contributed by atoms with Gasteiger partial charge < -0.3 is 19.3 Å². The van der Waals surface area contributed by atoms with E-state index in [9.17, 15) is 9.90 Å². The minimum Gasteiger partial charge on any atom is -0.466 e. The normalized spacial score (nSPS) is 27.3. The van der Waals surface area contributed by atoms with Gasteiger partial charge in [-0.25, -0.2) is 0 Å². The summed E-state index contributed by atoms with van der Waals surface area (Å²) in [6, 6.07) is 9.71. The van der Waals surface area contributed by atoms with Crippen LogP contribution in [0.15, 0.2) is 42.5 Å². The second-order valence-corrected chi connectivity index (χ2v) is 5.87. The van der Waals surface area contributed by atoms with Crippen molar-refractivity contribution in [3.05, 3.63) is 48.0 Å². The highest BCUT2D eigenvalue weighted by atomic mass is 16.7. The van der Waals surface area contributed by atoms with Gasteiger partial charge in [0.2, 0.25) is 5.79 Å². The molecule has 132 valence electrons. The van der Waals surface area contributed by atoms with Gasteiger partial charge in [-0.1, -0.05) is 42.5 Å². The molecular weight excluding hydrogens is 308 g/mol. The van der Waals surface area contributed by atoms with E-state index in [0.29, 0.717) is 13.0 Å². The Bertz CT molecular complexity index is 542. The number of hydrogen-bond acceptors (Lipinski definition) is 5. The van der Waals surface area contributed by atoms with E-state index < -0.39 is 17.9 Å². The fraction of sp³-hybridized carbons (Fsp3) is 0.526. The molecule has 1 aliphatic rings. The number of aliphatic hydroxyl groups is 1. The number of carbonyl (C=O) groups excluding carboxylic acids is 1. The van der Waals surface area contributed by atoms with Crippen molar-refractivity contribution in [1.82, 2.24) is 0 Å². The molecule has 1 aliphatic heterocycles. The van der Waals surface area contributed by atoms with Crippen LogP contribution >= 0.6 is 0 Å². The van der Waals surface area contributed by atoms with Crippen molar-refractivity contribution in [2.75, 3.05) is 6.61 Å². The molecule has 2 rings (SSSR count). The molecule has 0 amide bonds. The van der Waals surface area contributed by atoms with Gasteiger partial charge in [-0.05, 0) is 32.3 Å². The molecule has 1 unspecified atom stereocenters. The first-order chi connectivity index (χ1) is 11.6. The Morgan fingerprint density at radius 2 is 2.12 bits per heavy atom. The number of benzene rings is 1. The van der Waals surface area contributed by atoms with Crippen LogP contribution in [0.4, 0.5) is 0 Å². The van der Waals surface area contributed by atoms with Crippen molar-refractivity contribution in [2.45, 2.75) is 57.7 Å². The van der Waals surface area contributed by atoms with E-state index in [4.69, 9.17) is 14.2 Å². The van der Waals surface area contributed by atoms with Crippen LogP contribution in [0.25, 0.3) is 0 Å². The van der Waals surface area contributed by atoms with Crippen molar-refractivity contribution in [2.24, 2.45) is 0 Å². The molecule has 0 radical (unpaired) electrons. The average molecular weight is 334 g/mol. The summed E-state index contributed by atoms with van der Waals surface area (Å²) in [6.07, 6.45) is 4.04. The second-order valence-electron chi connectivity index (χ2n) is 5.87. The third-order valence-electron chi connectivity index (χ3n) is 3.98. The number of carbonyl (C=O) groups is 1. The molecule has 1 aromatic carbocycles. The first kappa shape index (κ1) is 18.6. The molecule has 1 N–H and O–H groups in total. The first-order valence-corrected chi connectivity index (χ1v) is 8.41. The lowest BCUT2D eigenvalue weighted by Gasteiger charge is -2.41. The van der Waals surface area contributed by atoms with Crippen LogP contribution in [0.5, 0.6) is 0 Å². The van der Waals surface area contributed by atoms with Gasteiger partial charge in [0.1, 0.15) is 12.5 Å². The Morgan fingerprint density at radius 3 is 2.79 bits per heavy atom. The topological polar surface area (TPSA) is 65.0 Å². The Kier molecular flexibility index (Phi) is 6.97. The lowest BCUT2D eigenvalue weighted by atomic mass is 9.95. The lowest BCUT2D eigenvalue weighted by Crippen LogP contribution is -2.53. The Morgan fingerprint density at radius 1 is 1.38 bits per heavy atom. The highest BCUT2D eigenvalue weighted by Crippen LogP contribution is 2.33. The van der Waals surface area contributed by atoms with Crippen molar-refractivity contribution in [3.8, 4) is 0 Å². The van der Waals surface area contributed by atoms with E-state index in [-0.39, 0.29) is 19.1 Å². The summed E-state index contributed by atoms with van der Waals surface area (Å²) < 4.78 is 16.6. The number of ether oxygens (including phenoxy) is 3. The van der Waals surface area contributed by atoms with Crippen LogP contribution in [-0.2, 0) is 25.6 Å². The molecule has 0 aromatic heterocycles. The summed E-state index contributed by atoms with van der Waals surface area (Å²) in [7, 11) is 0. The smallest absolute Gasteiger partial charge is 0.311 e. The van der Waals surface area contributed by atoms with Crippen LogP contribution in [0.1, 0.15) is 38.7 Å². The minimum atomic E-state index is -1.68. The molecule has 0 saturated carbocycles. The molecule has 1 heterocycles. The standard InChI is InChI=1S/C19H26O5/c1-3-8-16-11-12-17(23-14-15-9-6-5-7-10-15)19(21,24-16)13-18(20)22-4-2/h3,5-10,16-17,21H,4,11-14H2,1-2H3/b8-3+/t16-,17-,19?/m0/s1. The van der Waals surface area contributed by atoms with E-state index in [1.807, 2.05) is 49.4 Å². The lowest BCUT2D eigenvalue weighted by molar-refractivity contribution is -0.304. The fourth-order valence-corrected chi connectivity index (χ4v) is 2.85. The number of esters is 1. The number of hydrogen-bond donors (Lipinski definition) is 1. The number of rotatable bonds is 7. The quantitative estimate of drug-likeness (QED) is 0.613. The van der Waals surface area contributed by atoms with Crippen LogP contribution < -0.4 is 0 Å². The molecule has 0 bridgehead atoms. The van der Waals surface area contributed by atoms with Gasteiger partial charge in [0.15, 0.2) is 0 Å². The van der Waals surface area contributed by atoms with Gasteiger partial charge in [-0.3, -0.25) is 4.79 Å². The molecule has 5 nitrogen and oxygen atoms in total. The van der Waals surface area contributed by atoms with E-state index in [2.05, 4.69) is 0 Å². The van der Waals surface area contributed by atoms with Crippen molar-refractivity contribution < 1.29 is 24.1 Å². The Labute approximate surface area is 143 Å². The van der Waals surface area contributed by atoms with Crippen LogP contribution in [0.2, 0.25) is 0 Å². The maximum atomic E-state index is 11.9. The SMILES string of the molecule is C/C=C/[C@H]1CC[C@H](OCc2ccccc2)C(O)(CC(=O)OCC)O1. The summed E-state index contributed by atoms with van der Waals surface area (Å²) in [5.74, 6) is -2.17. The first-order valence-electron chi connectivity index (χ1n) is 8.41. The van der Waals surface area contributed by atoms with Crippen LogP contribution in [-0.4, -0.2) is 35.7 Å². The largest absolute Gasteiger partial charge is 0.466 e. The van der Waals surface area contributed by atoms with Crippen molar-refractivity contribution >= 4 is 5.97 Å². The Hall–Kier alpha value is -1.69. The van der Waals surface area contributed by atoms with Gasteiger partial charge in [-0.15, -0.1) is 0 Å². The molecule has 1 aromatic rings. The maximum Gasteiger partial charge on any atom is 0.311 e. The Balaban J connectivity index is 2.06. The van der Waals surface area contributed by atoms with Gasteiger partial charge in [0, 0.05) is 0 Å². The average Bonchev–Trinajstić information content (AvgIpc) is 2.55. The summed E-state index contributed by atoms with van der Waals surface area (Å²) in [5, 5.41) is 10.9. The molecule has 1 saturated heterocycles. The molecule has 0 aliphatic carbocycles. The highest BCUT2D eigenvalue weighted by Gasteiger charge is 2.46. The zero-order valence-corrected chi connectivity index (χ0v) is 14.3. The zero-order valence-electron chi connectivity index (χ0n) is 14.3. The fourth-order valence-electron chi connectivity index (χ4n) is 2.85. The van der Waals surface area contributed by atoms with E-state index in [1.165, 1.54) is 0 Å². The third kappa shape index (κ3) is 5.16. The molecule has 3 atom stereocenters. The summed E-state index contributed by atoms with van der Waals surface area (Å²) >= 11 is 0. The molecule has 24 heavy (non-hydrogen) atoms. The minimum absolute atomic E-state index is 0.231. The van der Waals surface area contributed by atoms with Crippen molar-refractivity contribution in [1.29, 1.82) is 0 Å². The van der Waals surface area contributed by atoms with Crippen molar-refractivity contribution in [3.63, 3.8) is 0 Å². The zero-order chi connectivity index (χ0) is 17.4.